The van der Waals surface area contributed by atoms with Crippen molar-refractivity contribution in [1.29, 1.82) is 0 Å². The van der Waals surface area contributed by atoms with Gasteiger partial charge in [-0.05, 0) is 60.1 Å². The van der Waals surface area contributed by atoms with E-state index in [0.717, 1.165) is 11.1 Å². The number of ether oxygens (including phenoxy) is 3. The van der Waals surface area contributed by atoms with Crippen LogP contribution in [0, 0.1) is 5.92 Å². The second-order valence-corrected chi connectivity index (χ2v) is 9.26. The lowest BCUT2D eigenvalue weighted by molar-refractivity contribution is -0.138. The quantitative estimate of drug-likeness (QED) is 0.477. The Bertz CT molecular complexity index is 1210. The van der Waals surface area contributed by atoms with Crippen molar-refractivity contribution < 1.29 is 28.9 Å². The summed E-state index contributed by atoms with van der Waals surface area (Å²) in [7, 11) is 4.60. The molecule has 194 valence electrons. The first-order chi connectivity index (χ1) is 17.1. The van der Waals surface area contributed by atoms with Gasteiger partial charge in [0, 0.05) is 12.5 Å². The molecule has 1 aliphatic rings. The zero-order valence-electron chi connectivity index (χ0n) is 21.6. The van der Waals surface area contributed by atoms with E-state index in [1.54, 1.807) is 19.2 Å². The van der Waals surface area contributed by atoms with Gasteiger partial charge in [0.15, 0.2) is 11.5 Å². The number of rotatable bonds is 9. The number of carbonyl (C=O) groups excluding carboxylic acids is 1. The fourth-order valence-corrected chi connectivity index (χ4v) is 4.71. The normalized spacial score (nSPS) is 15.1. The van der Waals surface area contributed by atoms with Crippen molar-refractivity contribution >= 4 is 17.6 Å². The monoisotopic (exact) mass is 498 g/mol. The smallest absolute Gasteiger partial charge is 0.326 e. The predicted octanol–water partition coefficient (Wildman–Crippen LogP) is 3.77. The Morgan fingerprint density at radius 1 is 1.08 bits per heavy atom. The topological polar surface area (TPSA) is 123 Å². The van der Waals surface area contributed by atoms with Crippen molar-refractivity contribution in [3.63, 3.8) is 0 Å². The van der Waals surface area contributed by atoms with Gasteiger partial charge in [0.2, 0.25) is 17.1 Å². The number of carbonyl (C=O) groups is 2. The van der Waals surface area contributed by atoms with Crippen LogP contribution in [0.15, 0.2) is 29.1 Å². The van der Waals surface area contributed by atoms with Crippen LogP contribution >= 0.6 is 0 Å². The van der Waals surface area contributed by atoms with Gasteiger partial charge in [-0.2, -0.15) is 0 Å². The Hall–Kier alpha value is -3.75. The van der Waals surface area contributed by atoms with E-state index >= 15 is 0 Å². The maximum absolute atomic E-state index is 13.3. The number of carboxylic acids is 1. The molecule has 0 radical (unpaired) electrons. The van der Waals surface area contributed by atoms with E-state index in [1.807, 2.05) is 19.9 Å². The van der Waals surface area contributed by atoms with Crippen LogP contribution in [0.3, 0.4) is 0 Å². The van der Waals surface area contributed by atoms with Crippen molar-refractivity contribution in [2.45, 2.75) is 52.1 Å². The summed E-state index contributed by atoms with van der Waals surface area (Å²) in [6, 6.07) is 5.35. The summed E-state index contributed by atoms with van der Waals surface area (Å²) >= 11 is 0. The van der Waals surface area contributed by atoms with Gasteiger partial charge < -0.3 is 30.0 Å². The Balaban J connectivity index is 2.30. The number of fused-ring (bicyclic) bond motifs is 3. The Kier molecular flexibility index (Phi) is 8.45. The summed E-state index contributed by atoms with van der Waals surface area (Å²) in [6.07, 6.45) is 1.48. The number of carboxylic acid groups (broad SMARTS) is 1. The molecule has 36 heavy (non-hydrogen) atoms. The summed E-state index contributed by atoms with van der Waals surface area (Å²) in [5.74, 6) is 0.240. The third-order valence-corrected chi connectivity index (χ3v) is 6.25. The van der Waals surface area contributed by atoms with Crippen LogP contribution in [0.5, 0.6) is 17.2 Å². The molecule has 2 atom stereocenters. The Morgan fingerprint density at radius 2 is 1.78 bits per heavy atom. The predicted molar refractivity (Wildman–Crippen MR) is 137 cm³/mol. The van der Waals surface area contributed by atoms with Crippen LogP contribution in [-0.4, -0.2) is 44.4 Å². The van der Waals surface area contributed by atoms with Gasteiger partial charge in [-0.25, -0.2) is 4.79 Å². The molecule has 2 unspecified atom stereocenters. The number of hydrogen-bond donors (Lipinski definition) is 3. The zero-order chi connectivity index (χ0) is 26.6. The molecule has 0 spiro atoms. The minimum absolute atomic E-state index is 0.116. The van der Waals surface area contributed by atoms with E-state index in [9.17, 15) is 19.5 Å². The molecule has 0 bridgehead atoms. The number of benzene rings is 1. The van der Waals surface area contributed by atoms with Crippen LogP contribution in [0.2, 0.25) is 0 Å². The minimum Gasteiger partial charge on any atom is -0.493 e. The van der Waals surface area contributed by atoms with Crippen LogP contribution in [0.1, 0.15) is 50.8 Å². The average molecular weight is 499 g/mol. The van der Waals surface area contributed by atoms with E-state index in [4.69, 9.17) is 14.2 Å². The van der Waals surface area contributed by atoms with Gasteiger partial charge in [-0.3, -0.25) is 9.59 Å². The number of aryl methyl sites for hydroxylation is 1. The van der Waals surface area contributed by atoms with Crippen molar-refractivity contribution in [3.05, 3.63) is 45.6 Å². The Morgan fingerprint density at radius 3 is 2.33 bits per heavy atom. The van der Waals surface area contributed by atoms with Crippen molar-refractivity contribution in [2.75, 3.05) is 26.6 Å². The van der Waals surface area contributed by atoms with Gasteiger partial charge in [-0.15, -0.1) is 0 Å². The lowest BCUT2D eigenvalue weighted by Gasteiger charge is -2.19. The highest BCUT2D eigenvalue weighted by molar-refractivity contribution is 5.84. The third kappa shape index (κ3) is 5.56. The van der Waals surface area contributed by atoms with Gasteiger partial charge in [0.25, 0.3) is 0 Å². The summed E-state index contributed by atoms with van der Waals surface area (Å²) in [5.41, 5.74) is 2.73. The number of hydrogen-bond acceptors (Lipinski definition) is 7. The van der Waals surface area contributed by atoms with E-state index in [2.05, 4.69) is 10.6 Å². The van der Waals surface area contributed by atoms with Crippen molar-refractivity contribution in [3.8, 4) is 28.4 Å². The molecule has 0 aliphatic heterocycles. The summed E-state index contributed by atoms with van der Waals surface area (Å²) < 4.78 is 16.9. The SMILES string of the molecule is COc1cc2c(c(OC)c1OC)-c1ccc(NC(CC(C)C)C(=O)O)c(=O)cc1C(NC(C)=O)CC2. The maximum Gasteiger partial charge on any atom is 0.326 e. The zero-order valence-corrected chi connectivity index (χ0v) is 21.6. The molecule has 3 rings (SSSR count). The molecule has 1 aliphatic carbocycles. The van der Waals surface area contributed by atoms with E-state index < -0.39 is 18.1 Å². The highest BCUT2D eigenvalue weighted by Crippen LogP contribution is 2.50. The second-order valence-electron chi connectivity index (χ2n) is 9.26. The lowest BCUT2D eigenvalue weighted by atomic mass is 9.95. The molecule has 0 fully saturated rings. The first kappa shape index (κ1) is 26.8. The molecule has 2 aromatic carbocycles. The van der Waals surface area contributed by atoms with E-state index in [0.29, 0.717) is 47.6 Å². The van der Waals surface area contributed by atoms with E-state index in [-0.39, 0.29) is 22.9 Å². The molecule has 3 N–H and O–H groups in total. The first-order valence-electron chi connectivity index (χ1n) is 11.9. The molecule has 9 nitrogen and oxygen atoms in total. The van der Waals surface area contributed by atoms with Crippen LogP contribution in [0.25, 0.3) is 11.1 Å². The molecule has 0 saturated heterocycles. The number of aliphatic carboxylic acids is 1. The molecular weight excluding hydrogens is 464 g/mol. The molecular formula is C27H34N2O7. The average Bonchev–Trinajstić information content (AvgIpc) is 3.06. The van der Waals surface area contributed by atoms with Gasteiger partial charge in [-0.1, -0.05) is 19.9 Å². The maximum atomic E-state index is 13.3. The number of amides is 1. The lowest BCUT2D eigenvalue weighted by Crippen LogP contribution is -2.32. The minimum atomic E-state index is -1.03. The summed E-state index contributed by atoms with van der Waals surface area (Å²) in [5, 5.41) is 15.5. The number of methoxy groups -OCH3 is 3. The molecule has 1 amide bonds. The molecule has 2 aromatic rings. The third-order valence-electron chi connectivity index (χ3n) is 6.25. The van der Waals surface area contributed by atoms with Crippen LogP contribution < -0.4 is 30.3 Å². The largest absolute Gasteiger partial charge is 0.493 e. The highest BCUT2D eigenvalue weighted by atomic mass is 16.5. The first-order valence-corrected chi connectivity index (χ1v) is 11.9. The van der Waals surface area contributed by atoms with Crippen LogP contribution in [-0.2, 0) is 16.0 Å². The van der Waals surface area contributed by atoms with Gasteiger partial charge in [0.1, 0.15) is 6.04 Å². The van der Waals surface area contributed by atoms with E-state index in [1.165, 1.54) is 27.2 Å². The summed E-state index contributed by atoms with van der Waals surface area (Å²) in [4.78, 5) is 37.2. The second kappa shape index (κ2) is 11.3. The fourth-order valence-electron chi connectivity index (χ4n) is 4.71. The molecule has 0 aromatic heterocycles. The number of nitrogens with one attached hydrogen (secondary N) is 2. The fraction of sp³-hybridized carbons (Fsp3) is 0.444. The summed E-state index contributed by atoms with van der Waals surface area (Å²) in [6.45, 7) is 5.28. The Labute approximate surface area is 210 Å². The van der Waals surface area contributed by atoms with Gasteiger partial charge >= 0.3 is 5.97 Å². The standard InChI is InChI=1S/C27H34N2O7/c1-14(2)11-21(27(32)33)29-20-10-8-17-18(13-22(20)31)19(28-15(3)30)9-7-16-12-23(34-4)25(35-5)26(36-6)24(16)17/h8,10,12-14,19,21H,7,9,11H2,1-6H3,(H,28,30)(H,29,31)(H,32,33). The highest BCUT2D eigenvalue weighted by Gasteiger charge is 2.29. The molecule has 0 heterocycles. The number of anilines is 1. The van der Waals surface area contributed by atoms with Crippen molar-refractivity contribution in [2.24, 2.45) is 5.92 Å². The van der Waals surface area contributed by atoms with Crippen molar-refractivity contribution in [1.82, 2.24) is 5.32 Å². The van der Waals surface area contributed by atoms with Crippen LogP contribution in [0.4, 0.5) is 5.69 Å². The molecule has 0 saturated carbocycles. The van der Waals surface area contributed by atoms with Gasteiger partial charge in [0.05, 0.1) is 33.1 Å². The molecule has 9 heteroatoms.